The minimum Gasteiger partial charge on any atom is -0.398 e. The number of allylic oxidation sites excluding steroid dienone is 6. The Balaban J connectivity index is -0.000000653. The molecule has 2 rings (SSSR count). The zero-order chi connectivity index (χ0) is 32.9. The summed E-state index contributed by atoms with van der Waals surface area (Å²) in [6.07, 6.45) is 11.6. The summed E-state index contributed by atoms with van der Waals surface area (Å²) < 4.78 is 36.6. The van der Waals surface area contributed by atoms with Crippen LogP contribution in [0.1, 0.15) is 78.7 Å². The van der Waals surface area contributed by atoms with E-state index in [0.717, 1.165) is 55.5 Å². The molecule has 1 aromatic carbocycles. The fourth-order valence-corrected chi connectivity index (χ4v) is 3.14. The van der Waals surface area contributed by atoms with Crippen LogP contribution in [0.3, 0.4) is 0 Å². The first-order valence-corrected chi connectivity index (χ1v) is 13.9. The number of rotatable bonds is 8. The molecule has 0 aromatic heterocycles. The molecule has 7 nitrogen and oxygen atoms in total. The Hall–Kier alpha value is -2.77. The summed E-state index contributed by atoms with van der Waals surface area (Å²) in [6.45, 7) is 21.0. The van der Waals surface area contributed by atoms with Gasteiger partial charge in [0.05, 0.1) is 21.9 Å². The molecule has 0 amide bonds. The fraction of sp³-hybridized carbons (Fsp3) is 0.406. The maximum Gasteiger partial charge on any atom is 2.00 e. The van der Waals surface area contributed by atoms with Gasteiger partial charge in [0, 0.05) is 17.8 Å². The molecule has 1 atom stereocenters. The molecule has 0 spiro atoms. The molecule has 1 aromatic rings. The number of halogens is 3. The summed E-state index contributed by atoms with van der Waals surface area (Å²) >= 11 is 0. The Bertz CT molecular complexity index is 1140. The SMILES string of the molecule is C=C/C=C(\C=C/C(C)CC)C1=C/CC/C(CC)=C(N)\C(N)=N\1.Nc1ccc([N+](=O)[O-])cc1C(F)(F)F.[CH2-]C.[CH2-]CCC.[U+2]. The summed E-state index contributed by atoms with van der Waals surface area (Å²) in [6, 6.07) is 2.20. The predicted octanol–water partition coefficient (Wildman–Crippen LogP) is 9.02. The van der Waals surface area contributed by atoms with Gasteiger partial charge in [-0.3, -0.25) is 10.1 Å². The number of nitro benzene ring substituents is 1. The number of hydrogen-bond acceptors (Lipinski definition) is 6. The van der Waals surface area contributed by atoms with Gasteiger partial charge in [-0.25, -0.2) is 4.99 Å². The van der Waals surface area contributed by atoms with Crippen molar-refractivity contribution in [1.29, 1.82) is 0 Å². The van der Waals surface area contributed by atoms with Crippen LogP contribution in [0.4, 0.5) is 24.5 Å². The average molecular weight is 830 g/mol. The van der Waals surface area contributed by atoms with Gasteiger partial charge in [-0.2, -0.15) is 26.5 Å². The van der Waals surface area contributed by atoms with Gasteiger partial charge in [-0.15, -0.1) is 0 Å². The van der Waals surface area contributed by atoms with Crippen LogP contribution in [0.5, 0.6) is 0 Å². The summed E-state index contributed by atoms with van der Waals surface area (Å²) in [7, 11) is 0. The summed E-state index contributed by atoms with van der Waals surface area (Å²) in [5.41, 5.74) is 18.6. The molecule has 0 radical (unpaired) electrons. The van der Waals surface area contributed by atoms with Crippen molar-refractivity contribution in [1.82, 2.24) is 0 Å². The largest absolute Gasteiger partial charge is 2.00 e. The molecule has 1 aliphatic rings. The Morgan fingerprint density at radius 1 is 1.21 bits per heavy atom. The molecule has 43 heavy (non-hydrogen) atoms. The molecule has 1 aliphatic heterocycles. The van der Waals surface area contributed by atoms with E-state index in [4.69, 9.17) is 17.2 Å². The molecule has 0 fully saturated rings. The molecule has 0 aliphatic carbocycles. The van der Waals surface area contributed by atoms with E-state index in [1.165, 1.54) is 12.0 Å². The van der Waals surface area contributed by atoms with Crippen molar-refractivity contribution >= 4 is 17.2 Å². The van der Waals surface area contributed by atoms with E-state index in [2.05, 4.69) is 71.3 Å². The minimum absolute atomic E-state index is 0. The quantitative estimate of drug-likeness (QED) is 0.0791. The molecule has 1 heterocycles. The van der Waals surface area contributed by atoms with Gasteiger partial charge in [0.25, 0.3) is 5.69 Å². The van der Waals surface area contributed by atoms with Crippen LogP contribution in [-0.4, -0.2) is 10.8 Å². The number of anilines is 1. The third-order valence-corrected chi connectivity index (χ3v) is 5.86. The monoisotopic (exact) mass is 829 g/mol. The minimum atomic E-state index is -4.67. The smallest absolute Gasteiger partial charge is 0.398 e. The van der Waals surface area contributed by atoms with E-state index in [9.17, 15) is 23.3 Å². The number of alkyl halides is 3. The normalized spacial score (nSPS) is 18.1. The van der Waals surface area contributed by atoms with Crippen molar-refractivity contribution in [2.45, 2.75) is 79.3 Å². The van der Waals surface area contributed by atoms with Crippen molar-refractivity contribution < 1.29 is 49.2 Å². The van der Waals surface area contributed by atoms with Crippen LogP contribution in [0.2, 0.25) is 0 Å². The van der Waals surface area contributed by atoms with Crippen LogP contribution in [-0.2, 0) is 6.18 Å². The number of nitrogen functional groups attached to an aromatic ring is 1. The second-order valence-corrected chi connectivity index (χ2v) is 8.98. The molecule has 0 bridgehead atoms. The Kier molecular flexibility index (Phi) is 25.6. The maximum absolute atomic E-state index is 12.2. The van der Waals surface area contributed by atoms with E-state index >= 15 is 0 Å². The number of nitro groups is 1. The first-order chi connectivity index (χ1) is 19.8. The number of amidine groups is 1. The number of benzene rings is 1. The van der Waals surface area contributed by atoms with Gasteiger partial charge in [0.2, 0.25) is 0 Å². The van der Waals surface area contributed by atoms with E-state index in [1.54, 1.807) is 13.0 Å². The first kappa shape index (κ1) is 44.7. The molecule has 1 unspecified atom stereocenters. The summed E-state index contributed by atoms with van der Waals surface area (Å²) in [4.78, 5) is 13.8. The topological polar surface area (TPSA) is 134 Å². The van der Waals surface area contributed by atoms with Gasteiger partial charge >= 0.3 is 37.3 Å². The third-order valence-electron chi connectivity index (χ3n) is 5.86. The van der Waals surface area contributed by atoms with Gasteiger partial charge in [0.1, 0.15) is 5.84 Å². The number of aliphatic imine (C=N–C) groups is 1. The molecule has 238 valence electrons. The number of nitrogens with zero attached hydrogens (tertiary/aromatic N) is 2. The first-order valence-electron chi connectivity index (χ1n) is 13.9. The van der Waals surface area contributed by atoms with Crippen molar-refractivity contribution in [2.75, 3.05) is 5.73 Å². The second kappa shape index (κ2) is 24.7. The molecular formula is C32H48F3N5O2U. The Labute approximate surface area is 279 Å². The third kappa shape index (κ3) is 17.8. The molecule has 11 heteroatoms. The zero-order valence-electron chi connectivity index (χ0n) is 26.1. The number of unbranched alkanes of at least 4 members (excludes halogenated alkanes) is 1. The number of nitrogens with two attached hydrogens (primary N) is 3. The Morgan fingerprint density at radius 2 is 1.79 bits per heavy atom. The zero-order valence-corrected chi connectivity index (χ0v) is 30.3. The van der Waals surface area contributed by atoms with Crippen molar-refractivity contribution in [3.8, 4) is 0 Å². The van der Waals surface area contributed by atoms with Crippen LogP contribution < -0.4 is 17.2 Å². The van der Waals surface area contributed by atoms with E-state index in [1.807, 2.05) is 6.08 Å². The van der Waals surface area contributed by atoms with Crippen molar-refractivity contribution in [3.05, 3.63) is 107 Å². The standard InChI is InChI=1S/C19H29N3.C7H5F3N2O2.C4H9.C2H5.U/c1-5-9-16(13-12-14(4)6-2)17-11-8-10-15(7-3)18(20)19(21)22-17;8-7(9,10)5-3-4(12(13)14)1-2-6(5)11;1-3-4-2;1-2;/h5,9,11-14H,1,6-8,10,20H2,2-4H3,(H2,21,22);1-3H,11H2;1,3-4H2,2H3;1H2,2H3;/q;;2*-1;+2/b13-12-,16-9+,17-11-,18-15+;;;;. The maximum atomic E-state index is 12.2. The van der Waals surface area contributed by atoms with E-state index in [0.29, 0.717) is 23.5 Å². The fourth-order valence-electron chi connectivity index (χ4n) is 3.14. The summed E-state index contributed by atoms with van der Waals surface area (Å²) in [5.74, 6) is 0.940. The molecule has 0 saturated carbocycles. The van der Waals surface area contributed by atoms with Crippen molar-refractivity contribution in [2.24, 2.45) is 22.4 Å². The van der Waals surface area contributed by atoms with E-state index < -0.39 is 28.0 Å². The molecule has 0 saturated heterocycles. The molecule has 6 N–H and O–H groups in total. The number of non-ortho nitro benzene ring substituents is 1. The average Bonchev–Trinajstić information content (AvgIpc) is 2.96. The van der Waals surface area contributed by atoms with E-state index in [-0.39, 0.29) is 31.1 Å². The molecular weight excluding hydrogens is 781 g/mol. The number of hydrogen-bond donors (Lipinski definition) is 3. The van der Waals surface area contributed by atoms with Gasteiger partial charge in [-0.05, 0) is 42.4 Å². The predicted molar refractivity (Wildman–Crippen MR) is 171 cm³/mol. The second-order valence-electron chi connectivity index (χ2n) is 8.98. The summed E-state index contributed by atoms with van der Waals surface area (Å²) in [5, 5.41) is 10.2. The van der Waals surface area contributed by atoms with Crippen LogP contribution in [0.25, 0.3) is 0 Å². The van der Waals surface area contributed by atoms with Crippen molar-refractivity contribution in [3.63, 3.8) is 0 Å². The van der Waals surface area contributed by atoms with Crippen LogP contribution in [0, 0.1) is 61.0 Å². The Morgan fingerprint density at radius 3 is 2.23 bits per heavy atom. The van der Waals surface area contributed by atoms with Gasteiger partial charge in [0.15, 0.2) is 0 Å². The van der Waals surface area contributed by atoms with Crippen LogP contribution in [0.15, 0.2) is 82.7 Å². The van der Waals surface area contributed by atoms with Gasteiger partial charge in [-0.1, -0.05) is 77.5 Å². The van der Waals surface area contributed by atoms with Gasteiger partial charge < -0.3 is 31.0 Å². The van der Waals surface area contributed by atoms with Crippen LogP contribution >= 0.6 is 0 Å².